The summed E-state index contributed by atoms with van der Waals surface area (Å²) in [4.78, 5) is 19.5. The van der Waals surface area contributed by atoms with Crippen molar-refractivity contribution in [3.63, 3.8) is 0 Å². The summed E-state index contributed by atoms with van der Waals surface area (Å²) in [5, 5.41) is 0.546. The molecular formula is C13H11N5O2. The van der Waals surface area contributed by atoms with Crippen LogP contribution in [0.1, 0.15) is 0 Å². The quantitative estimate of drug-likeness (QED) is 0.736. The lowest BCUT2D eigenvalue weighted by Gasteiger charge is -2.05. The van der Waals surface area contributed by atoms with Crippen LogP contribution in [0.4, 0.5) is 10.6 Å². The topological polar surface area (TPSA) is 109 Å². The fraction of sp³-hybridized carbons (Fsp3) is 0. The first-order valence-electron chi connectivity index (χ1n) is 5.82. The number of nitrogen functional groups attached to an aromatic ring is 1. The Morgan fingerprint density at radius 1 is 1.15 bits per heavy atom. The van der Waals surface area contributed by atoms with Gasteiger partial charge in [0.1, 0.15) is 11.6 Å². The molecule has 0 aliphatic carbocycles. The number of primary amides is 1. The Kier molecular flexibility index (Phi) is 2.72. The highest BCUT2D eigenvalue weighted by Crippen LogP contribution is 2.24. The number of nitrogens with two attached hydrogens (primary N) is 2. The number of para-hydroxylation sites is 1. The molecule has 0 fully saturated rings. The molecule has 0 unspecified atom stereocenters. The molecule has 100 valence electrons. The smallest absolute Gasteiger partial charge is 0.325 e. The number of nitrogens with zero attached hydrogens (tertiary/aromatic N) is 3. The van der Waals surface area contributed by atoms with Gasteiger partial charge in [0.2, 0.25) is 0 Å². The molecule has 1 amide bonds. The van der Waals surface area contributed by atoms with E-state index in [1.54, 1.807) is 18.2 Å². The minimum atomic E-state index is -0.649. The van der Waals surface area contributed by atoms with Crippen LogP contribution in [0.25, 0.3) is 11.0 Å². The maximum atomic E-state index is 11.3. The fourth-order valence-electron chi connectivity index (χ4n) is 1.83. The van der Waals surface area contributed by atoms with Gasteiger partial charge in [-0.15, -0.1) is 0 Å². The van der Waals surface area contributed by atoms with E-state index in [1.165, 1.54) is 10.8 Å². The van der Waals surface area contributed by atoms with E-state index in [0.717, 1.165) is 0 Å². The van der Waals surface area contributed by atoms with Crippen molar-refractivity contribution in [2.45, 2.75) is 0 Å². The Labute approximate surface area is 113 Å². The van der Waals surface area contributed by atoms with E-state index in [9.17, 15) is 4.79 Å². The van der Waals surface area contributed by atoms with E-state index < -0.39 is 6.03 Å². The van der Waals surface area contributed by atoms with Crippen LogP contribution in [0.2, 0.25) is 0 Å². The van der Waals surface area contributed by atoms with Gasteiger partial charge in [-0.2, -0.15) is 9.97 Å². The van der Waals surface area contributed by atoms with Crippen molar-refractivity contribution < 1.29 is 9.53 Å². The highest BCUT2D eigenvalue weighted by Gasteiger charge is 2.13. The van der Waals surface area contributed by atoms with Gasteiger partial charge in [-0.25, -0.2) is 4.79 Å². The minimum Gasteiger partial charge on any atom is -0.424 e. The van der Waals surface area contributed by atoms with Gasteiger partial charge in [-0.1, -0.05) is 18.2 Å². The molecule has 0 saturated heterocycles. The summed E-state index contributed by atoms with van der Waals surface area (Å²) in [5.74, 6) is 0.796. The molecule has 4 N–H and O–H groups in total. The molecule has 0 spiro atoms. The van der Waals surface area contributed by atoms with Crippen molar-refractivity contribution in [3.8, 4) is 11.8 Å². The van der Waals surface area contributed by atoms with E-state index in [4.69, 9.17) is 16.2 Å². The van der Waals surface area contributed by atoms with Crippen molar-refractivity contribution in [1.29, 1.82) is 0 Å². The van der Waals surface area contributed by atoms with Crippen LogP contribution in [-0.4, -0.2) is 20.6 Å². The normalized spacial score (nSPS) is 10.6. The van der Waals surface area contributed by atoms with Crippen LogP contribution in [0.3, 0.4) is 0 Å². The summed E-state index contributed by atoms with van der Waals surface area (Å²) in [5.41, 5.74) is 11.4. The zero-order valence-corrected chi connectivity index (χ0v) is 10.4. The SMILES string of the molecule is NC(=O)n1ccc2c(N)nc(Oc3ccccc3)nc21. The molecule has 0 saturated carbocycles. The first-order valence-corrected chi connectivity index (χ1v) is 5.82. The molecule has 20 heavy (non-hydrogen) atoms. The van der Waals surface area contributed by atoms with Gasteiger partial charge < -0.3 is 16.2 Å². The number of benzene rings is 1. The van der Waals surface area contributed by atoms with Gasteiger partial charge in [-0.3, -0.25) is 4.57 Å². The third-order valence-electron chi connectivity index (χ3n) is 2.74. The summed E-state index contributed by atoms with van der Waals surface area (Å²) in [6.45, 7) is 0. The second kappa shape index (κ2) is 4.54. The van der Waals surface area contributed by atoms with Gasteiger partial charge >= 0.3 is 12.0 Å². The van der Waals surface area contributed by atoms with Crippen molar-refractivity contribution in [1.82, 2.24) is 14.5 Å². The standard InChI is InChI=1S/C13H11N5O2/c14-10-9-6-7-18(12(15)19)11(9)17-13(16-10)20-8-4-2-1-3-5-8/h1-7H,(H2,15,19)(H2,14,16,17). The average molecular weight is 269 g/mol. The molecule has 0 atom stereocenters. The molecule has 2 heterocycles. The predicted molar refractivity (Wildman–Crippen MR) is 73.4 cm³/mol. The van der Waals surface area contributed by atoms with E-state index in [-0.39, 0.29) is 11.8 Å². The Morgan fingerprint density at radius 2 is 1.90 bits per heavy atom. The molecule has 3 aromatic rings. The third kappa shape index (κ3) is 2.01. The number of anilines is 1. The number of hydrogen-bond donors (Lipinski definition) is 2. The van der Waals surface area contributed by atoms with Gasteiger partial charge in [0, 0.05) is 6.20 Å². The third-order valence-corrected chi connectivity index (χ3v) is 2.74. The number of aromatic nitrogens is 3. The number of amides is 1. The molecule has 0 aliphatic rings. The van der Waals surface area contributed by atoms with Gasteiger partial charge in [-0.05, 0) is 18.2 Å². The second-order valence-corrected chi connectivity index (χ2v) is 4.07. The van der Waals surface area contributed by atoms with Gasteiger partial charge in [0.25, 0.3) is 0 Å². The Morgan fingerprint density at radius 3 is 2.60 bits per heavy atom. The monoisotopic (exact) mass is 269 g/mol. The molecule has 0 bridgehead atoms. The lowest BCUT2D eigenvalue weighted by molar-refractivity contribution is 0.251. The Balaban J connectivity index is 2.08. The van der Waals surface area contributed by atoms with Crippen LogP contribution in [0.5, 0.6) is 11.8 Å². The van der Waals surface area contributed by atoms with Crippen LogP contribution < -0.4 is 16.2 Å². The average Bonchev–Trinajstić information content (AvgIpc) is 2.84. The lowest BCUT2D eigenvalue weighted by Crippen LogP contribution is -2.18. The fourth-order valence-corrected chi connectivity index (χ4v) is 1.83. The second-order valence-electron chi connectivity index (χ2n) is 4.07. The first-order chi connectivity index (χ1) is 9.65. The Bertz CT molecular complexity index is 782. The molecule has 1 aromatic carbocycles. The zero-order chi connectivity index (χ0) is 14.1. The lowest BCUT2D eigenvalue weighted by atomic mass is 10.3. The molecule has 3 rings (SSSR count). The summed E-state index contributed by atoms with van der Waals surface area (Å²) >= 11 is 0. The van der Waals surface area contributed by atoms with Crippen molar-refractivity contribution >= 4 is 22.9 Å². The molecule has 7 heteroatoms. The van der Waals surface area contributed by atoms with Crippen molar-refractivity contribution in [2.75, 3.05) is 5.73 Å². The molecule has 7 nitrogen and oxygen atoms in total. The van der Waals surface area contributed by atoms with E-state index in [0.29, 0.717) is 16.8 Å². The maximum Gasteiger partial charge on any atom is 0.325 e. The number of carbonyl (C=O) groups is 1. The van der Waals surface area contributed by atoms with Gasteiger partial charge in [0.05, 0.1) is 5.39 Å². The summed E-state index contributed by atoms with van der Waals surface area (Å²) in [6, 6.07) is 10.1. The van der Waals surface area contributed by atoms with Crippen molar-refractivity contribution in [3.05, 3.63) is 42.6 Å². The highest BCUT2D eigenvalue weighted by molar-refractivity contribution is 5.93. The minimum absolute atomic E-state index is 0.0578. The van der Waals surface area contributed by atoms with Crippen molar-refractivity contribution in [2.24, 2.45) is 5.73 Å². The molecule has 2 aromatic heterocycles. The summed E-state index contributed by atoms with van der Waals surface area (Å²) in [6.07, 6.45) is 1.49. The largest absolute Gasteiger partial charge is 0.424 e. The van der Waals surface area contributed by atoms with E-state index >= 15 is 0 Å². The number of rotatable bonds is 2. The number of fused-ring (bicyclic) bond motifs is 1. The Hall–Kier alpha value is -3.09. The highest BCUT2D eigenvalue weighted by atomic mass is 16.5. The number of carbonyl (C=O) groups excluding carboxylic acids is 1. The van der Waals surface area contributed by atoms with Crippen LogP contribution in [-0.2, 0) is 0 Å². The van der Waals surface area contributed by atoms with E-state index in [1.807, 2.05) is 18.2 Å². The molecule has 0 radical (unpaired) electrons. The number of ether oxygens (including phenoxy) is 1. The zero-order valence-electron chi connectivity index (χ0n) is 10.4. The van der Waals surface area contributed by atoms with Crippen LogP contribution in [0.15, 0.2) is 42.6 Å². The van der Waals surface area contributed by atoms with Gasteiger partial charge in [0.15, 0.2) is 5.65 Å². The maximum absolute atomic E-state index is 11.3. The summed E-state index contributed by atoms with van der Waals surface area (Å²) in [7, 11) is 0. The van der Waals surface area contributed by atoms with E-state index in [2.05, 4.69) is 9.97 Å². The predicted octanol–water partition coefficient (Wildman–Crippen LogP) is 1.73. The molecule has 0 aliphatic heterocycles. The molecular weight excluding hydrogens is 258 g/mol. The van der Waals surface area contributed by atoms with Crippen LogP contribution in [0, 0.1) is 0 Å². The first kappa shape index (κ1) is 12.0. The summed E-state index contributed by atoms with van der Waals surface area (Å²) < 4.78 is 6.69. The number of hydrogen-bond acceptors (Lipinski definition) is 5. The van der Waals surface area contributed by atoms with Crippen LogP contribution >= 0.6 is 0 Å².